The summed E-state index contributed by atoms with van der Waals surface area (Å²) in [5.74, 6) is 0.320. The van der Waals surface area contributed by atoms with Crippen LogP contribution >= 0.6 is 11.8 Å². The number of aromatic nitrogens is 1. The van der Waals surface area contributed by atoms with Crippen LogP contribution in [0.2, 0.25) is 0 Å². The van der Waals surface area contributed by atoms with Crippen LogP contribution in [0.1, 0.15) is 25.5 Å². The lowest BCUT2D eigenvalue weighted by Crippen LogP contribution is -2.45. The predicted molar refractivity (Wildman–Crippen MR) is 122 cm³/mol. The Balaban J connectivity index is 1.80. The lowest BCUT2D eigenvalue weighted by Gasteiger charge is -2.28. The smallest absolute Gasteiger partial charge is 0.338 e. The summed E-state index contributed by atoms with van der Waals surface area (Å²) in [5.41, 5.74) is 4.12. The van der Waals surface area contributed by atoms with Crippen LogP contribution < -0.4 is 10.6 Å². The highest BCUT2D eigenvalue weighted by Gasteiger charge is 2.32. The Morgan fingerprint density at radius 2 is 1.93 bits per heavy atom. The van der Waals surface area contributed by atoms with Crippen LogP contribution in [0.25, 0.3) is 21.8 Å². The number of aryl methyl sites for hydroxylation is 1. The number of ether oxygens (including phenoxy) is 1. The fraction of sp³-hybridized carbons (Fsp3) is 0.304. The Labute approximate surface area is 179 Å². The number of allylic oxidation sites excluding steroid dienone is 1. The molecule has 1 aliphatic heterocycles. The van der Waals surface area contributed by atoms with Crippen LogP contribution in [0.5, 0.6) is 0 Å². The maximum absolute atomic E-state index is 12.8. The number of thioether (sulfide) groups is 1. The molecule has 3 aromatic rings. The summed E-state index contributed by atoms with van der Waals surface area (Å²) in [6.07, 6.45) is 1.96. The molecule has 0 spiro atoms. The fourth-order valence-corrected chi connectivity index (χ4v) is 4.35. The fourth-order valence-electron chi connectivity index (χ4n) is 4.10. The van der Waals surface area contributed by atoms with Crippen molar-refractivity contribution < 1.29 is 14.3 Å². The van der Waals surface area contributed by atoms with Gasteiger partial charge in [-0.05, 0) is 43.9 Å². The molecular formula is C23H25N3O3S. The second-order valence-electron chi connectivity index (χ2n) is 7.24. The van der Waals surface area contributed by atoms with Crippen molar-refractivity contribution in [3.63, 3.8) is 0 Å². The number of fused-ring (bicyclic) bond motifs is 3. The van der Waals surface area contributed by atoms with Crippen molar-refractivity contribution in [1.82, 2.24) is 15.2 Å². The number of rotatable bonds is 6. The van der Waals surface area contributed by atoms with E-state index < -0.39 is 12.0 Å². The monoisotopic (exact) mass is 423 g/mol. The highest BCUT2D eigenvalue weighted by Crippen LogP contribution is 2.34. The first-order chi connectivity index (χ1) is 14.5. The highest BCUT2D eigenvalue weighted by molar-refractivity contribution is 7.98. The summed E-state index contributed by atoms with van der Waals surface area (Å²) in [4.78, 5) is 25.0. The van der Waals surface area contributed by atoms with Gasteiger partial charge in [-0.15, -0.1) is 0 Å². The third kappa shape index (κ3) is 3.54. The summed E-state index contributed by atoms with van der Waals surface area (Å²) in [6, 6.07) is 13.5. The SMILES string of the molecule is CCn1c2ccccc2c2cc([C@@H]3NC(=O)NC(C)=C3C(=O)OCCSC)ccc21. The zero-order valence-electron chi connectivity index (χ0n) is 17.3. The van der Waals surface area contributed by atoms with Crippen molar-refractivity contribution in [2.75, 3.05) is 18.6 Å². The quantitative estimate of drug-likeness (QED) is 0.457. The van der Waals surface area contributed by atoms with Crippen LogP contribution in [0.4, 0.5) is 4.79 Å². The maximum Gasteiger partial charge on any atom is 0.338 e. The van der Waals surface area contributed by atoms with Crippen molar-refractivity contribution >= 4 is 45.6 Å². The van der Waals surface area contributed by atoms with Crippen LogP contribution in [-0.4, -0.2) is 35.2 Å². The molecule has 30 heavy (non-hydrogen) atoms. The van der Waals surface area contributed by atoms with Gasteiger partial charge in [-0.2, -0.15) is 11.8 Å². The minimum Gasteiger partial charge on any atom is -0.461 e. The zero-order chi connectivity index (χ0) is 21.3. The number of urea groups is 1. The van der Waals surface area contributed by atoms with E-state index in [1.54, 1.807) is 18.7 Å². The van der Waals surface area contributed by atoms with Gasteiger partial charge in [0.05, 0.1) is 11.6 Å². The van der Waals surface area contributed by atoms with Gasteiger partial charge in [0.25, 0.3) is 0 Å². The molecular weight excluding hydrogens is 398 g/mol. The van der Waals surface area contributed by atoms with Crippen molar-refractivity contribution in [3.05, 3.63) is 59.3 Å². The number of hydrogen-bond acceptors (Lipinski definition) is 4. The van der Waals surface area contributed by atoms with E-state index in [1.807, 2.05) is 24.5 Å². The van der Waals surface area contributed by atoms with Crippen molar-refractivity contribution in [2.45, 2.75) is 26.4 Å². The van der Waals surface area contributed by atoms with Crippen LogP contribution in [0, 0.1) is 0 Å². The molecule has 6 nitrogen and oxygen atoms in total. The molecule has 1 atom stereocenters. The summed E-state index contributed by atoms with van der Waals surface area (Å²) in [5, 5.41) is 7.85. The number of esters is 1. The van der Waals surface area contributed by atoms with Gasteiger partial charge in [-0.1, -0.05) is 24.3 Å². The third-order valence-electron chi connectivity index (χ3n) is 5.46. The molecule has 4 rings (SSSR count). The maximum atomic E-state index is 12.8. The molecule has 2 amide bonds. The molecule has 1 aliphatic rings. The Hall–Kier alpha value is -2.93. The van der Waals surface area contributed by atoms with Crippen molar-refractivity contribution in [2.24, 2.45) is 0 Å². The number of nitrogens with one attached hydrogen (secondary N) is 2. The van der Waals surface area contributed by atoms with Crippen LogP contribution in [0.15, 0.2) is 53.7 Å². The molecule has 0 aliphatic carbocycles. The molecule has 2 N–H and O–H groups in total. The Kier molecular flexibility index (Phi) is 5.72. The number of carbonyl (C=O) groups is 2. The van der Waals surface area contributed by atoms with Crippen LogP contribution in [-0.2, 0) is 16.1 Å². The first-order valence-electron chi connectivity index (χ1n) is 10.00. The molecule has 1 aromatic heterocycles. The Morgan fingerprint density at radius 1 is 1.17 bits per heavy atom. The van der Waals surface area contributed by atoms with E-state index in [-0.39, 0.29) is 6.03 Å². The van der Waals surface area contributed by atoms with Crippen LogP contribution in [0.3, 0.4) is 0 Å². The van der Waals surface area contributed by atoms with E-state index in [0.717, 1.165) is 34.2 Å². The Bertz CT molecular complexity index is 1170. The largest absolute Gasteiger partial charge is 0.461 e. The summed E-state index contributed by atoms with van der Waals surface area (Å²) in [6.45, 7) is 5.06. The van der Waals surface area contributed by atoms with Gasteiger partial charge in [0, 0.05) is 39.8 Å². The minimum atomic E-state index is -0.561. The van der Waals surface area contributed by atoms with E-state index in [2.05, 4.69) is 46.4 Å². The summed E-state index contributed by atoms with van der Waals surface area (Å²) >= 11 is 1.61. The molecule has 0 unspecified atom stereocenters. The molecule has 0 radical (unpaired) electrons. The molecule has 0 saturated carbocycles. The highest BCUT2D eigenvalue weighted by atomic mass is 32.2. The standard InChI is InChI=1S/C23H25N3O3S/c1-4-26-18-8-6-5-7-16(18)17-13-15(9-10-19(17)26)21-20(14(2)24-23(28)25-21)22(27)29-11-12-30-3/h5-10,13,21H,4,11-12H2,1-3H3,(H2,24,25,28)/t21-/m0/s1. The number of amides is 2. The van der Waals surface area contributed by atoms with E-state index in [4.69, 9.17) is 4.74 Å². The molecule has 0 saturated heterocycles. The van der Waals surface area contributed by atoms with E-state index in [9.17, 15) is 9.59 Å². The second-order valence-corrected chi connectivity index (χ2v) is 8.22. The average Bonchev–Trinajstić information content (AvgIpc) is 3.06. The molecule has 156 valence electrons. The van der Waals surface area contributed by atoms with E-state index in [0.29, 0.717) is 17.9 Å². The van der Waals surface area contributed by atoms with Gasteiger partial charge in [0.15, 0.2) is 0 Å². The number of nitrogens with zero attached hydrogens (tertiary/aromatic N) is 1. The topological polar surface area (TPSA) is 72.4 Å². The summed E-state index contributed by atoms with van der Waals surface area (Å²) in [7, 11) is 0. The number of hydrogen-bond donors (Lipinski definition) is 2. The molecule has 0 fully saturated rings. The normalized spacial score (nSPS) is 16.6. The third-order valence-corrected chi connectivity index (χ3v) is 6.03. The van der Waals surface area contributed by atoms with Crippen molar-refractivity contribution in [1.29, 1.82) is 0 Å². The zero-order valence-corrected chi connectivity index (χ0v) is 18.1. The van der Waals surface area contributed by atoms with Gasteiger partial charge >= 0.3 is 12.0 Å². The average molecular weight is 424 g/mol. The van der Waals surface area contributed by atoms with E-state index >= 15 is 0 Å². The van der Waals surface area contributed by atoms with Gasteiger partial charge in [0.2, 0.25) is 0 Å². The van der Waals surface area contributed by atoms with E-state index in [1.165, 1.54) is 5.52 Å². The molecule has 2 heterocycles. The van der Waals surface area contributed by atoms with Gasteiger partial charge in [-0.3, -0.25) is 0 Å². The first kappa shape index (κ1) is 20.3. The number of benzene rings is 2. The number of carbonyl (C=O) groups excluding carboxylic acids is 2. The second kappa shape index (κ2) is 8.44. The minimum absolute atomic E-state index is 0.325. The first-order valence-corrected chi connectivity index (χ1v) is 11.4. The van der Waals surface area contributed by atoms with Crippen molar-refractivity contribution in [3.8, 4) is 0 Å². The predicted octanol–water partition coefficient (Wildman–Crippen LogP) is 4.35. The lowest BCUT2D eigenvalue weighted by atomic mass is 9.94. The lowest BCUT2D eigenvalue weighted by molar-refractivity contribution is -0.138. The molecule has 0 bridgehead atoms. The summed E-state index contributed by atoms with van der Waals surface area (Å²) < 4.78 is 7.72. The molecule has 7 heteroatoms. The van der Waals surface area contributed by atoms with Gasteiger partial charge in [0.1, 0.15) is 6.61 Å². The number of para-hydroxylation sites is 1. The van der Waals surface area contributed by atoms with Gasteiger partial charge < -0.3 is 19.9 Å². The Morgan fingerprint density at radius 3 is 2.70 bits per heavy atom. The molecule has 2 aromatic carbocycles. The van der Waals surface area contributed by atoms with Gasteiger partial charge in [-0.25, -0.2) is 9.59 Å².